The zero-order valence-electron chi connectivity index (χ0n) is 12.8. The lowest BCUT2D eigenvalue weighted by molar-refractivity contribution is -0.0128. The second-order valence-electron chi connectivity index (χ2n) is 5.17. The van der Waals surface area contributed by atoms with Crippen molar-refractivity contribution in [2.24, 2.45) is 5.84 Å². The first-order valence-electron chi connectivity index (χ1n) is 6.85. The molecule has 0 heterocycles. The molecule has 3 N–H and O–H groups in total. The molecule has 1 aromatic carbocycles. The van der Waals surface area contributed by atoms with E-state index in [0.29, 0.717) is 31.1 Å². The molecule has 0 bridgehead atoms. The number of benzene rings is 1. The van der Waals surface area contributed by atoms with Crippen molar-refractivity contribution >= 4 is 5.91 Å². The van der Waals surface area contributed by atoms with Crippen molar-refractivity contribution in [3.8, 4) is 5.75 Å². The Morgan fingerprint density at radius 3 is 2.43 bits per heavy atom. The summed E-state index contributed by atoms with van der Waals surface area (Å²) in [6.45, 7) is 5.62. The maximum atomic E-state index is 11.3. The molecule has 118 valence electrons. The fourth-order valence-electron chi connectivity index (χ4n) is 1.53. The molecule has 0 aromatic heterocycles. The molecular weight excluding hydrogens is 272 g/mol. The standard InChI is InChI=1S/C15H24N2O4/c1-15(2,19-3)8-9-20-10-11-21-13-6-4-12(5-7-13)14(18)17-16/h4-7H,8-11,16H2,1-3H3,(H,17,18). The number of carbonyl (C=O) groups excluding carboxylic acids is 1. The summed E-state index contributed by atoms with van der Waals surface area (Å²) in [4.78, 5) is 11.3. The molecule has 0 aliphatic rings. The van der Waals surface area contributed by atoms with Gasteiger partial charge in [0.05, 0.1) is 12.2 Å². The molecule has 6 heteroatoms. The maximum Gasteiger partial charge on any atom is 0.265 e. The van der Waals surface area contributed by atoms with Crippen LogP contribution < -0.4 is 16.0 Å². The fourth-order valence-corrected chi connectivity index (χ4v) is 1.53. The lowest BCUT2D eigenvalue weighted by atomic mass is 10.1. The van der Waals surface area contributed by atoms with E-state index in [0.717, 1.165) is 6.42 Å². The summed E-state index contributed by atoms with van der Waals surface area (Å²) in [5.41, 5.74) is 2.40. The average Bonchev–Trinajstić information content (AvgIpc) is 2.50. The van der Waals surface area contributed by atoms with Crippen LogP contribution in [0.1, 0.15) is 30.6 Å². The van der Waals surface area contributed by atoms with Crippen molar-refractivity contribution in [1.82, 2.24) is 5.43 Å². The molecule has 0 radical (unpaired) electrons. The zero-order chi connectivity index (χ0) is 15.7. The van der Waals surface area contributed by atoms with Crippen LogP contribution in [0.2, 0.25) is 0 Å². The highest BCUT2D eigenvalue weighted by atomic mass is 16.5. The number of rotatable bonds is 9. The Morgan fingerprint density at radius 1 is 1.19 bits per heavy atom. The Labute approximate surface area is 125 Å². The van der Waals surface area contributed by atoms with Crippen LogP contribution >= 0.6 is 0 Å². The summed E-state index contributed by atoms with van der Waals surface area (Å²) in [7, 11) is 1.69. The molecule has 0 unspecified atom stereocenters. The van der Waals surface area contributed by atoms with Crippen LogP contribution in [0.15, 0.2) is 24.3 Å². The third kappa shape index (κ3) is 6.57. The number of hydrogen-bond acceptors (Lipinski definition) is 5. The SMILES string of the molecule is COC(C)(C)CCOCCOc1ccc(C(=O)NN)cc1. The summed E-state index contributed by atoms with van der Waals surface area (Å²) < 4.78 is 16.3. The molecule has 0 atom stereocenters. The fraction of sp³-hybridized carbons (Fsp3) is 0.533. The number of hydrogen-bond donors (Lipinski definition) is 2. The Kier molecular flexibility index (Phi) is 7.14. The number of nitrogens with one attached hydrogen (secondary N) is 1. The Bertz CT molecular complexity index is 432. The van der Waals surface area contributed by atoms with Gasteiger partial charge in [-0.2, -0.15) is 0 Å². The third-order valence-corrected chi connectivity index (χ3v) is 3.15. The van der Waals surface area contributed by atoms with Gasteiger partial charge in [-0.1, -0.05) is 0 Å². The van der Waals surface area contributed by atoms with Gasteiger partial charge in [0.25, 0.3) is 5.91 Å². The number of ether oxygens (including phenoxy) is 3. The van der Waals surface area contributed by atoms with E-state index in [4.69, 9.17) is 20.1 Å². The Balaban J connectivity index is 2.20. The van der Waals surface area contributed by atoms with Gasteiger partial charge in [-0.25, -0.2) is 5.84 Å². The minimum absolute atomic E-state index is 0.166. The number of nitrogen functional groups attached to an aromatic ring is 1. The van der Waals surface area contributed by atoms with Crippen LogP contribution in [0.25, 0.3) is 0 Å². The van der Waals surface area contributed by atoms with Crippen LogP contribution in [0, 0.1) is 0 Å². The van der Waals surface area contributed by atoms with Gasteiger partial charge in [0, 0.05) is 19.3 Å². The topological polar surface area (TPSA) is 82.8 Å². The molecule has 1 amide bonds. The van der Waals surface area contributed by atoms with Crippen LogP contribution in [0.3, 0.4) is 0 Å². The monoisotopic (exact) mass is 296 g/mol. The van der Waals surface area contributed by atoms with E-state index in [2.05, 4.69) is 5.43 Å². The van der Waals surface area contributed by atoms with Gasteiger partial charge in [0.2, 0.25) is 0 Å². The average molecular weight is 296 g/mol. The molecule has 0 saturated heterocycles. The minimum Gasteiger partial charge on any atom is -0.491 e. The highest BCUT2D eigenvalue weighted by Gasteiger charge is 2.15. The number of carbonyl (C=O) groups is 1. The lowest BCUT2D eigenvalue weighted by Crippen LogP contribution is -2.29. The molecule has 0 aliphatic heterocycles. The van der Waals surface area contributed by atoms with Gasteiger partial charge in [-0.05, 0) is 44.5 Å². The number of hydrazine groups is 1. The van der Waals surface area contributed by atoms with Crippen LogP contribution in [-0.4, -0.2) is 38.4 Å². The first-order chi connectivity index (χ1) is 9.98. The Morgan fingerprint density at radius 2 is 1.86 bits per heavy atom. The van der Waals surface area contributed by atoms with E-state index in [1.807, 2.05) is 13.8 Å². The second kappa shape index (κ2) is 8.61. The van der Waals surface area contributed by atoms with E-state index < -0.39 is 0 Å². The summed E-state index contributed by atoms with van der Waals surface area (Å²) >= 11 is 0. The van der Waals surface area contributed by atoms with Crippen molar-refractivity contribution in [1.29, 1.82) is 0 Å². The second-order valence-corrected chi connectivity index (χ2v) is 5.17. The van der Waals surface area contributed by atoms with Gasteiger partial charge in [-0.3, -0.25) is 10.2 Å². The van der Waals surface area contributed by atoms with Crippen molar-refractivity contribution in [2.45, 2.75) is 25.9 Å². The molecule has 0 aliphatic carbocycles. The Hall–Kier alpha value is -1.63. The predicted octanol–water partition coefficient (Wildman–Crippen LogP) is 1.50. The molecule has 1 aromatic rings. The summed E-state index contributed by atoms with van der Waals surface area (Å²) in [6, 6.07) is 6.75. The molecule has 1 rings (SSSR count). The summed E-state index contributed by atoms with van der Waals surface area (Å²) in [5, 5.41) is 0. The smallest absolute Gasteiger partial charge is 0.265 e. The van der Waals surface area contributed by atoms with E-state index in [1.165, 1.54) is 0 Å². The summed E-state index contributed by atoms with van der Waals surface area (Å²) in [5.74, 6) is 5.41. The molecule has 0 spiro atoms. The number of amides is 1. The normalized spacial score (nSPS) is 11.2. The van der Waals surface area contributed by atoms with Gasteiger partial charge >= 0.3 is 0 Å². The van der Waals surface area contributed by atoms with Gasteiger partial charge < -0.3 is 14.2 Å². The lowest BCUT2D eigenvalue weighted by Gasteiger charge is -2.22. The van der Waals surface area contributed by atoms with E-state index >= 15 is 0 Å². The highest BCUT2D eigenvalue weighted by Crippen LogP contribution is 2.13. The molecular formula is C15H24N2O4. The largest absolute Gasteiger partial charge is 0.491 e. The van der Waals surface area contributed by atoms with Crippen LogP contribution in [-0.2, 0) is 9.47 Å². The van der Waals surface area contributed by atoms with E-state index in [1.54, 1.807) is 31.4 Å². The van der Waals surface area contributed by atoms with Crippen molar-refractivity contribution < 1.29 is 19.0 Å². The number of nitrogens with two attached hydrogens (primary N) is 1. The molecule has 21 heavy (non-hydrogen) atoms. The first-order valence-corrected chi connectivity index (χ1v) is 6.85. The van der Waals surface area contributed by atoms with Crippen LogP contribution in [0.4, 0.5) is 0 Å². The van der Waals surface area contributed by atoms with Gasteiger partial charge in [0.1, 0.15) is 12.4 Å². The third-order valence-electron chi connectivity index (χ3n) is 3.15. The molecule has 0 saturated carbocycles. The zero-order valence-corrected chi connectivity index (χ0v) is 12.8. The summed E-state index contributed by atoms with van der Waals surface area (Å²) in [6.07, 6.45) is 0.826. The van der Waals surface area contributed by atoms with E-state index in [9.17, 15) is 4.79 Å². The first kappa shape index (κ1) is 17.4. The van der Waals surface area contributed by atoms with Gasteiger partial charge in [0.15, 0.2) is 0 Å². The highest BCUT2D eigenvalue weighted by molar-refractivity contribution is 5.93. The molecule has 6 nitrogen and oxygen atoms in total. The minimum atomic E-state index is -0.328. The number of methoxy groups -OCH3 is 1. The van der Waals surface area contributed by atoms with Gasteiger partial charge in [-0.15, -0.1) is 0 Å². The quantitative estimate of drug-likeness (QED) is 0.312. The maximum absolute atomic E-state index is 11.3. The predicted molar refractivity (Wildman–Crippen MR) is 80.1 cm³/mol. The van der Waals surface area contributed by atoms with Crippen LogP contribution in [0.5, 0.6) is 5.75 Å². The van der Waals surface area contributed by atoms with Crippen molar-refractivity contribution in [3.63, 3.8) is 0 Å². The van der Waals surface area contributed by atoms with E-state index in [-0.39, 0.29) is 11.5 Å². The molecule has 0 fully saturated rings. The van der Waals surface area contributed by atoms with Crippen molar-refractivity contribution in [2.75, 3.05) is 26.9 Å². The van der Waals surface area contributed by atoms with Crippen molar-refractivity contribution in [3.05, 3.63) is 29.8 Å².